The Hall–Kier alpha value is -3.34. The number of carbonyl (C=O) groups is 2. The first-order chi connectivity index (χ1) is 20.8. The third kappa shape index (κ3) is 6.67. The predicted octanol–water partition coefficient (Wildman–Crippen LogP) is 5.74. The molecule has 4 rings (SSSR count). The van der Waals surface area contributed by atoms with E-state index in [-0.39, 0.29) is 59.6 Å². The summed E-state index contributed by atoms with van der Waals surface area (Å²) in [5.74, 6) is -1.34. The second-order valence-corrected chi connectivity index (χ2v) is 12.3. The number of pyridine rings is 1. The van der Waals surface area contributed by atoms with E-state index in [1.807, 2.05) is 44.4 Å². The van der Waals surface area contributed by atoms with Crippen molar-refractivity contribution in [3.63, 3.8) is 0 Å². The Balaban J connectivity index is 1.74. The molecule has 0 spiro atoms. The van der Waals surface area contributed by atoms with Crippen LogP contribution in [0.3, 0.4) is 0 Å². The Bertz CT molecular complexity index is 1610. The summed E-state index contributed by atoms with van der Waals surface area (Å²) >= 11 is 12.4. The lowest BCUT2D eigenvalue weighted by Gasteiger charge is -2.45. The molecule has 1 saturated heterocycles. The number of rotatable bonds is 9. The zero-order chi connectivity index (χ0) is 32.5. The van der Waals surface area contributed by atoms with Crippen LogP contribution in [0.25, 0.3) is 10.9 Å². The van der Waals surface area contributed by atoms with E-state index in [1.165, 1.54) is 19.4 Å². The smallest absolute Gasteiger partial charge is 0.320 e. The van der Waals surface area contributed by atoms with Crippen LogP contribution in [0.5, 0.6) is 5.75 Å². The van der Waals surface area contributed by atoms with E-state index in [0.29, 0.717) is 40.8 Å². The molecule has 0 radical (unpaired) electrons. The molecule has 0 saturated carbocycles. The van der Waals surface area contributed by atoms with Gasteiger partial charge in [-0.05, 0) is 70.9 Å². The topological polar surface area (TPSA) is 93.1 Å². The van der Waals surface area contributed by atoms with Crippen molar-refractivity contribution >= 4 is 51.7 Å². The molecule has 0 bridgehead atoms. The fourth-order valence-corrected chi connectivity index (χ4v) is 6.59. The molecule has 3 aromatic rings. The second-order valence-electron chi connectivity index (χ2n) is 11.5. The second kappa shape index (κ2) is 13.7. The number of nitrogens with zero attached hydrogens (tertiary/aromatic N) is 3. The molecule has 238 valence electrons. The van der Waals surface area contributed by atoms with Gasteiger partial charge < -0.3 is 24.3 Å². The molecule has 0 aliphatic carbocycles. The molecule has 0 unspecified atom stereocenters. The maximum Gasteiger partial charge on any atom is 0.320 e. The van der Waals surface area contributed by atoms with Gasteiger partial charge in [-0.3, -0.25) is 19.3 Å². The molecule has 12 heteroatoms. The van der Waals surface area contributed by atoms with Crippen molar-refractivity contribution in [2.75, 3.05) is 38.3 Å². The van der Waals surface area contributed by atoms with E-state index in [4.69, 9.17) is 32.7 Å². The molecule has 1 aliphatic heterocycles. The molecule has 2 heterocycles. The average Bonchev–Trinajstić information content (AvgIpc) is 2.94. The van der Waals surface area contributed by atoms with E-state index >= 15 is 4.39 Å². The number of hydrogen-bond acceptors (Lipinski definition) is 7. The van der Waals surface area contributed by atoms with Gasteiger partial charge in [-0.15, -0.1) is 0 Å². The molecular formula is C32H39Cl2FN4O5. The molecule has 2 atom stereocenters. The number of halogens is 3. The predicted molar refractivity (Wildman–Crippen MR) is 172 cm³/mol. The number of aryl methyl sites for hydroxylation is 1. The van der Waals surface area contributed by atoms with Crippen LogP contribution in [-0.2, 0) is 16.1 Å². The first kappa shape index (κ1) is 33.6. The number of amides is 1. The summed E-state index contributed by atoms with van der Waals surface area (Å²) in [6.45, 7) is 12.7. The van der Waals surface area contributed by atoms with Crippen LogP contribution in [0.2, 0.25) is 10.0 Å². The summed E-state index contributed by atoms with van der Waals surface area (Å²) < 4.78 is 28.8. The number of hydrogen-bond donors (Lipinski definition) is 1. The lowest BCUT2D eigenvalue weighted by atomic mass is 10.0. The third-order valence-electron chi connectivity index (χ3n) is 8.05. The summed E-state index contributed by atoms with van der Waals surface area (Å²) in [6.07, 6.45) is 1.49. The first-order valence-electron chi connectivity index (χ1n) is 14.6. The third-order valence-corrected chi connectivity index (χ3v) is 8.60. The number of fused-ring (bicyclic) bond motifs is 1. The van der Waals surface area contributed by atoms with Gasteiger partial charge in [-0.2, -0.15) is 0 Å². The molecular weight excluding hydrogens is 610 g/mol. The SMILES string of the molecule is CCOC(=O)CN1[C@H](C)CN(c2c(F)cc3c(=O)c(C(=O)NCc4c(C)cc(Cl)cc4Cl)cn(C(C)C)c3c2OC)C[C@@H]1C. The monoisotopic (exact) mass is 648 g/mol. The average molecular weight is 650 g/mol. The highest BCUT2D eigenvalue weighted by Gasteiger charge is 2.35. The number of anilines is 1. The highest BCUT2D eigenvalue weighted by Crippen LogP contribution is 2.40. The molecule has 44 heavy (non-hydrogen) atoms. The minimum atomic E-state index is -0.638. The number of esters is 1. The molecule has 1 fully saturated rings. The molecule has 1 N–H and O–H groups in total. The lowest BCUT2D eigenvalue weighted by molar-refractivity contribution is -0.145. The maximum absolute atomic E-state index is 16.1. The van der Waals surface area contributed by atoms with Crippen molar-refractivity contribution in [2.45, 2.75) is 66.2 Å². The van der Waals surface area contributed by atoms with Crippen LogP contribution in [0.15, 0.2) is 29.2 Å². The van der Waals surface area contributed by atoms with Crippen molar-refractivity contribution in [2.24, 2.45) is 0 Å². The van der Waals surface area contributed by atoms with Crippen LogP contribution in [-0.4, -0.2) is 66.8 Å². The number of aromatic nitrogens is 1. The summed E-state index contributed by atoms with van der Waals surface area (Å²) in [7, 11) is 1.44. The standard InChI is InChI=1S/C32H39Cl2FN4O5/c1-8-44-27(40)16-39-19(5)13-37(14-20(39)6)29-26(35)11-22-28(31(29)43-7)38(17(2)3)15-24(30(22)41)32(42)36-12-23-18(4)9-21(33)10-25(23)34/h9-11,15,17,19-20H,8,12-14,16H2,1-7H3,(H,36,42)/t19-,20+. The van der Waals surface area contributed by atoms with Crippen molar-refractivity contribution in [1.82, 2.24) is 14.8 Å². The first-order valence-corrected chi connectivity index (χ1v) is 15.4. The Morgan fingerprint density at radius 2 is 1.80 bits per heavy atom. The summed E-state index contributed by atoms with van der Waals surface area (Å²) in [5, 5.41) is 3.70. The largest absolute Gasteiger partial charge is 0.492 e. The van der Waals surface area contributed by atoms with Crippen LogP contribution in [0, 0.1) is 12.7 Å². The van der Waals surface area contributed by atoms with Crippen LogP contribution in [0.1, 0.15) is 62.1 Å². The molecule has 1 aromatic heterocycles. The number of ether oxygens (including phenoxy) is 2. The Labute approximate surface area is 266 Å². The zero-order valence-corrected chi connectivity index (χ0v) is 27.6. The van der Waals surface area contributed by atoms with Gasteiger partial charge in [0, 0.05) is 54.0 Å². The zero-order valence-electron chi connectivity index (χ0n) is 26.1. The molecule has 2 aromatic carbocycles. The van der Waals surface area contributed by atoms with Gasteiger partial charge in [-0.1, -0.05) is 23.2 Å². The van der Waals surface area contributed by atoms with E-state index in [1.54, 1.807) is 23.6 Å². The van der Waals surface area contributed by atoms with E-state index in [0.717, 1.165) is 5.56 Å². The quantitative estimate of drug-likeness (QED) is 0.296. The van der Waals surface area contributed by atoms with E-state index in [2.05, 4.69) is 5.32 Å². The van der Waals surface area contributed by atoms with Gasteiger partial charge in [0.05, 0.1) is 31.2 Å². The van der Waals surface area contributed by atoms with E-state index < -0.39 is 17.2 Å². The maximum atomic E-state index is 16.1. The normalized spacial score (nSPS) is 17.3. The van der Waals surface area contributed by atoms with Crippen molar-refractivity contribution in [3.8, 4) is 5.75 Å². The van der Waals surface area contributed by atoms with Gasteiger partial charge in [0.2, 0.25) is 5.43 Å². The summed E-state index contributed by atoms with van der Waals surface area (Å²) in [5.41, 5.74) is 1.36. The van der Waals surface area contributed by atoms with Gasteiger partial charge >= 0.3 is 5.97 Å². The Morgan fingerprint density at radius 1 is 1.14 bits per heavy atom. The van der Waals surface area contributed by atoms with Crippen LogP contribution in [0.4, 0.5) is 10.1 Å². The summed E-state index contributed by atoms with van der Waals surface area (Å²) in [6, 6.07) is 4.12. The Kier molecular flexibility index (Phi) is 10.5. The molecule has 1 aliphatic rings. The summed E-state index contributed by atoms with van der Waals surface area (Å²) in [4.78, 5) is 43.2. The van der Waals surface area contributed by atoms with Gasteiger partial charge in [0.15, 0.2) is 11.6 Å². The fourth-order valence-electron chi connectivity index (χ4n) is 5.93. The highest BCUT2D eigenvalue weighted by molar-refractivity contribution is 6.35. The van der Waals surface area contributed by atoms with Crippen molar-refractivity contribution < 1.29 is 23.5 Å². The minimum Gasteiger partial charge on any atom is -0.492 e. The number of nitrogens with one attached hydrogen (secondary N) is 1. The Morgan fingerprint density at radius 3 is 2.36 bits per heavy atom. The number of carbonyl (C=O) groups excluding carboxylic acids is 2. The minimum absolute atomic E-state index is 0.0344. The fraction of sp³-hybridized carbons (Fsp3) is 0.469. The molecule has 1 amide bonds. The van der Waals surface area contributed by atoms with Crippen LogP contribution >= 0.6 is 23.2 Å². The van der Waals surface area contributed by atoms with E-state index in [9.17, 15) is 14.4 Å². The number of methoxy groups -OCH3 is 1. The van der Waals surface area contributed by atoms with Crippen molar-refractivity contribution in [1.29, 1.82) is 0 Å². The number of piperazine rings is 1. The number of benzene rings is 2. The van der Waals surface area contributed by atoms with Gasteiger partial charge in [0.25, 0.3) is 5.91 Å². The van der Waals surface area contributed by atoms with Gasteiger partial charge in [0.1, 0.15) is 11.3 Å². The molecule has 9 nitrogen and oxygen atoms in total. The van der Waals surface area contributed by atoms with Gasteiger partial charge in [-0.25, -0.2) is 4.39 Å². The lowest BCUT2D eigenvalue weighted by Crippen LogP contribution is -2.58. The highest BCUT2D eigenvalue weighted by atomic mass is 35.5. The van der Waals surface area contributed by atoms with Crippen LogP contribution < -0.4 is 20.4 Å². The van der Waals surface area contributed by atoms with Crippen molar-refractivity contribution in [3.05, 3.63) is 67.2 Å².